The number of ketones is 2. The van der Waals surface area contributed by atoms with E-state index in [1.54, 1.807) is 35.0 Å². The van der Waals surface area contributed by atoms with Gasteiger partial charge in [0.2, 0.25) is 11.6 Å². The number of aliphatic carboxylic acids is 1. The maximum absolute atomic E-state index is 12.4. The topological polar surface area (TPSA) is 258 Å². The lowest BCUT2D eigenvalue weighted by Crippen LogP contribution is -2.40. The summed E-state index contributed by atoms with van der Waals surface area (Å²) in [6.07, 6.45) is 0. The number of carboxylic acids is 1. The minimum atomic E-state index is -1.33. The molecule has 15 nitrogen and oxygen atoms in total. The van der Waals surface area contributed by atoms with Crippen LogP contribution in [0.4, 0.5) is 0 Å². The van der Waals surface area contributed by atoms with Crippen molar-refractivity contribution in [2.75, 3.05) is 66.1 Å². The van der Waals surface area contributed by atoms with Crippen LogP contribution < -0.4 is 9.47 Å². The fourth-order valence-electron chi connectivity index (χ4n) is 3.86. The van der Waals surface area contributed by atoms with Crippen molar-refractivity contribution in [3.8, 4) is 11.5 Å². The molecule has 0 atom stereocenters. The number of aliphatic hydroxyl groups is 7. The Morgan fingerprint density at radius 2 is 0.930 bits per heavy atom. The lowest BCUT2D eigenvalue weighted by atomic mass is 9.93. The number of carbonyl (C=O) groups is 4. The number of carboxylic acid groups (broad SMARTS) is 1. The Hall–Kier alpha value is -3.40. The summed E-state index contributed by atoms with van der Waals surface area (Å²) in [4.78, 5) is 47.9. The maximum atomic E-state index is 12.4. The summed E-state index contributed by atoms with van der Waals surface area (Å²) in [6, 6.07) is 12.6. The lowest BCUT2D eigenvalue weighted by Gasteiger charge is -2.26. The minimum Gasteiger partial charge on any atom is -0.480 e. The Kier molecular flexibility index (Phi) is 21.4. The van der Waals surface area contributed by atoms with Crippen LogP contribution in [-0.2, 0) is 14.3 Å². The minimum absolute atomic E-state index is 0.00536. The van der Waals surface area contributed by atoms with Gasteiger partial charge in [0, 0.05) is 11.1 Å². The molecule has 0 saturated heterocycles. The van der Waals surface area contributed by atoms with E-state index in [1.807, 2.05) is 0 Å². The number of aliphatic hydroxyl groups excluding tert-OH is 7. The fourth-order valence-corrected chi connectivity index (χ4v) is 6.13. The highest BCUT2D eigenvalue weighted by Gasteiger charge is 2.30. The third-order valence-electron chi connectivity index (χ3n) is 7.66. The van der Waals surface area contributed by atoms with Gasteiger partial charge in [-0.1, -0.05) is 58.5 Å². The second-order valence-electron chi connectivity index (χ2n) is 11.8. The van der Waals surface area contributed by atoms with E-state index in [4.69, 9.17) is 86.1 Å². The van der Waals surface area contributed by atoms with Crippen LogP contribution in [-0.4, -0.2) is 130 Å². The number of thiophene rings is 2. The van der Waals surface area contributed by atoms with E-state index < -0.39 is 82.2 Å². The molecule has 2 heterocycles. The molecule has 0 saturated carbocycles. The van der Waals surface area contributed by atoms with Gasteiger partial charge < -0.3 is 55.1 Å². The van der Waals surface area contributed by atoms with Gasteiger partial charge in [-0.2, -0.15) is 0 Å². The highest BCUT2D eigenvalue weighted by atomic mass is 35.5. The number of halogens is 4. The lowest BCUT2D eigenvalue weighted by molar-refractivity contribution is -0.153. The molecule has 4 aromatic rings. The highest BCUT2D eigenvalue weighted by molar-refractivity contribution is 7.12. The highest BCUT2D eigenvalue weighted by Crippen LogP contribution is 2.37. The first-order chi connectivity index (χ1) is 27.1. The summed E-state index contributed by atoms with van der Waals surface area (Å²) < 4.78 is 15.2. The quantitative estimate of drug-likeness (QED) is 0.0491. The van der Waals surface area contributed by atoms with Crippen LogP contribution >= 0.6 is 69.1 Å². The summed E-state index contributed by atoms with van der Waals surface area (Å²) in [5.41, 5.74) is -1.98. The number of hydrogen-bond donors (Lipinski definition) is 8. The molecule has 0 spiro atoms. The maximum Gasteiger partial charge on any atom is 0.344 e. The zero-order valence-corrected chi connectivity index (χ0v) is 34.3. The van der Waals surface area contributed by atoms with Crippen molar-refractivity contribution >= 4 is 92.6 Å². The smallest absolute Gasteiger partial charge is 0.344 e. The summed E-state index contributed by atoms with van der Waals surface area (Å²) >= 11 is 26.9. The second kappa shape index (κ2) is 24.5. The summed E-state index contributed by atoms with van der Waals surface area (Å²) in [7, 11) is 0. The summed E-state index contributed by atoms with van der Waals surface area (Å²) in [5, 5.41) is 73.8. The first kappa shape index (κ1) is 49.7. The fraction of sp³-hybridized carbons (Fsp3) is 0.333. The largest absolute Gasteiger partial charge is 0.480 e. The third kappa shape index (κ3) is 14.1. The van der Waals surface area contributed by atoms with E-state index in [-0.39, 0.29) is 60.9 Å². The molecular weight excluding hydrogens is 878 g/mol. The van der Waals surface area contributed by atoms with Crippen molar-refractivity contribution in [1.82, 2.24) is 0 Å². The van der Waals surface area contributed by atoms with E-state index in [0.717, 1.165) is 0 Å². The molecule has 0 aliphatic rings. The molecule has 0 unspecified atom stereocenters. The van der Waals surface area contributed by atoms with Crippen LogP contribution in [0.2, 0.25) is 20.1 Å². The van der Waals surface area contributed by atoms with Crippen molar-refractivity contribution in [3.63, 3.8) is 0 Å². The molecule has 8 N–H and O–H groups in total. The van der Waals surface area contributed by atoms with Gasteiger partial charge in [0.25, 0.3) is 0 Å². The predicted molar refractivity (Wildman–Crippen MR) is 212 cm³/mol. The Labute approximate surface area is 353 Å². The molecule has 0 radical (unpaired) electrons. The Balaban J connectivity index is 0.000000335. The Morgan fingerprint density at radius 3 is 1.25 bits per heavy atom. The second-order valence-corrected chi connectivity index (χ2v) is 15.2. The summed E-state index contributed by atoms with van der Waals surface area (Å²) in [5.74, 6) is -2.23. The Morgan fingerprint density at radius 1 is 0.544 bits per heavy atom. The molecular formula is C36H38Cl4O15S2. The molecule has 0 fully saturated rings. The molecule has 312 valence electrons. The van der Waals surface area contributed by atoms with Crippen molar-refractivity contribution in [3.05, 3.63) is 100 Å². The molecule has 0 aliphatic carbocycles. The molecule has 57 heavy (non-hydrogen) atoms. The third-order valence-corrected chi connectivity index (χ3v) is 11.1. The van der Waals surface area contributed by atoms with Crippen LogP contribution in [0.15, 0.2) is 59.3 Å². The van der Waals surface area contributed by atoms with Crippen LogP contribution in [0.25, 0.3) is 0 Å². The van der Waals surface area contributed by atoms with E-state index in [0.29, 0.717) is 9.75 Å². The van der Waals surface area contributed by atoms with Gasteiger partial charge in [-0.25, -0.2) is 9.59 Å². The predicted octanol–water partition coefficient (Wildman–Crippen LogP) is 3.86. The molecule has 0 aliphatic heterocycles. The normalized spacial score (nSPS) is 11.1. The molecule has 2 aromatic heterocycles. The molecule has 0 bridgehead atoms. The number of carbonyl (C=O) groups excluding carboxylic acids is 3. The van der Waals surface area contributed by atoms with Crippen LogP contribution in [0.3, 0.4) is 0 Å². The SMILES string of the molecule is O=C(COc1ccc(C(=O)c2cccs2)c(Cl)c1Cl)OCC(CO)(CO)CO.O=C(O)COc1ccc(C(=O)c2cccs2)c(Cl)c1Cl.OCC(CO)(CO)CO. The van der Waals surface area contributed by atoms with E-state index >= 15 is 0 Å². The number of esters is 1. The van der Waals surface area contributed by atoms with Crippen LogP contribution in [0.1, 0.15) is 30.5 Å². The standard InChI is InChI=1S/C18H18Cl2O7S.C13H8Cl2O4S.C5H12O4/c19-15-11(17(25)13-2-1-5-28-13)3-4-12(16(15)20)26-6-14(24)27-10-18(7-21,8-22)9-23;14-11-7(13(18)9-2-1-5-20-9)3-4-8(12(11)15)19-6-10(16)17;6-1-5(2-7,3-8)4-9/h1-5,21-23H,6-10H2;1-5H,6H2,(H,16,17);6-9H,1-4H2. The zero-order valence-electron chi connectivity index (χ0n) is 29.6. The van der Waals surface area contributed by atoms with Gasteiger partial charge in [-0.15, -0.1) is 22.7 Å². The van der Waals surface area contributed by atoms with Crippen LogP contribution in [0, 0.1) is 10.8 Å². The molecule has 0 amide bonds. The van der Waals surface area contributed by atoms with Crippen molar-refractivity contribution in [2.24, 2.45) is 10.8 Å². The van der Waals surface area contributed by atoms with E-state index in [2.05, 4.69) is 0 Å². The number of ether oxygens (including phenoxy) is 3. The van der Waals surface area contributed by atoms with Gasteiger partial charge in [-0.3, -0.25) is 9.59 Å². The van der Waals surface area contributed by atoms with Crippen LogP contribution in [0.5, 0.6) is 11.5 Å². The first-order valence-electron chi connectivity index (χ1n) is 16.1. The van der Waals surface area contributed by atoms with Crippen molar-refractivity contribution in [2.45, 2.75) is 0 Å². The molecule has 2 aromatic carbocycles. The number of hydrogen-bond acceptors (Lipinski definition) is 16. The van der Waals surface area contributed by atoms with Gasteiger partial charge >= 0.3 is 11.9 Å². The monoisotopic (exact) mass is 914 g/mol. The van der Waals surface area contributed by atoms with Gasteiger partial charge in [-0.05, 0) is 47.2 Å². The van der Waals surface area contributed by atoms with Crippen molar-refractivity contribution < 1.29 is 74.2 Å². The van der Waals surface area contributed by atoms with Gasteiger partial charge in [0.15, 0.2) is 13.2 Å². The Bertz CT molecular complexity index is 1870. The average Bonchev–Trinajstić information content (AvgIpc) is 3.97. The molecule has 21 heteroatoms. The van der Waals surface area contributed by atoms with Crippen molar-refractivity contribution in [1.29, 1.82) is 0 Å². The number of benzene rings is 2. The van der Waals surface area contributed by atoms with Gasteiger partial charge in [0.1, 0.15) is 28.2 Å². The summed E-state index contributed by atoms with van der Waals surface area (Å²) in [6.45, 7) is -4.75. The molecule has 4 rings (SSSR count). The van der Waals surface area contributed by atoms with E-state index in [1.165, 1.54) is 46.9 Å². The average molecular weight is 917 g/mol. The van der Waals surface area contributed by atoms with E-state index in [9.17, 15) is 34.5 Å². The zero-order chi connectivity index (χ0) is 42.8. The number of rotatable bonds is 19. The first-order valence-corrected chi connectivity index (χ1v) is 19.4. The van der Waals surface area contributed by atoms with Gasteiger partial charge in [0.05, 0.1) is 76.9 Å².